The number of ether oxygens (including phenoxy) is 1. The number of hydrogen-bond donors (Lipinski definition) is 1. The Morgan fingerprint density at radius 2 is 2.17 bits per heavy atom. The molecule has 0 amide bonds. The molecule has 0 fully saturated rings. The minimum atomic E-state index is 0.442. The molecular weight excluding hydrogens is 152 g/mol. The van der Waals surface area contributed by atoms with Crippen LogP contribution in [-0.4, -0.2) is 37.0 Å². The average molecular weight is 172 g/mol. The van der Waals surface area contributed by atoms with E-state index < -0.39 is 0 Å². The van der Waals surface area contributed by atoms with Gasteiger partial charge in [-0.05, 0) is 20.3 Å². The highest BCUT2D eigenvalue weighted by atomic mass is 16.5. The molecule has 0 aromatic heterocycles. The number of rotatable bonds is 5. The maximum absolute atomic E-state index is 7.53. The van der Waals surface area contributed by atoms with Gasteiger partial charge < -0.3 is 9.64 Å². The minimum Gasteiger partial charge on any atom is -0.383 e. The van der Waals surface area contributed by atoms with Gasteiger partial charge in [-0.3, -0.25) is 5.41 Å². The SMILES string of the molecule is CCC(C)N(CCOC)C(C)=N. The fourth-order valence-corrected chi connectivity index (χ4v) is 1.13. The van der Waals surface area contributed by atoms with Gasteiger partial charge in [0.15, 0.2) is 0 Å². The molecule has 12 heavy (non-hydrogen) atoms. The molecule has 3 heteroatoms. The van der Waals surface area contributed by atoms with Gasteiger partial charge in [0.25, 0.3) is 0 Å². The summed E-state index contributed by atoms with van der Waals surface area (Å²) in [6.45, 7) is 7.60. The van der Waals surface area contributed by atoms with Crippen molar-refractivity contribution >= 4 is 5.84 Å². The van der Waals surface area contributed by atoms with E-state index in [1.807, 2.05) is 6.92 Å². The summed E-state index contributed by atoms with van der Waals surface area (Å²) in [5.74, 6) is 0.626. The van der Waals surface area contributed by atoms with Gasteiger partial charge in [0.1, 0.15) is 0 Å². The number of hydrogen-bond acceptors (Lipinski definition) is 2. The van der Waals surface area contributed by atoms with Crippen LogP contribution in [0.1, 0.15) is 27.2 Å². The van der Waals surface area contributed by atoms with E-state index in [-0.39, 0.29) is 0 Å². The quantitative estimate of drug-likeness (QED) is 0.506. The summed E-state index contributed by atoms with van der Waals surface area (Å²) in [7, 11) is 1.69. The molecule has 0 aromatic carbocycles. The van der Waals surface area contributed by atoms with Crippen LogP contribution in [0.2, 0.25) is 0 Å². The average Bonchev–Trinajstić information content (AvgIpc) is 2.04. The molecule has 0 aliphatic heterocycles. The third kappa shape index (κ3) is 3.72. The van der Waals surface area contributed by atoms with Crippen molar-refractivity contribution in [2.75, 3.05) is 20.3 Å². The zero-order chi connectivity index (χ0) is 9.56. The number of nitrogens with one attached hydrogen (secondary N) is 1. The maximum atomic E-state index is 7.53. The van der Waals surface area contributed by atoms with Gasteiger partial charge in [-0.1, -0.05) is 6.92 Å². The van der Waals surface area contributed by atoms with Gasteiger partial charge >= 0.3 is 0 Å². The van der Waals surface area contributed by atoms with E-state index >= 15 is 0 Å². The molecule has 0 spiro atoms. The molecule has 0 heterocycles. The van der Waals surface area contributed by atoms with Crippen LogP contribution in [0.15, 0.2) is 0 Å². The molecular formula is C9H20N2O. The lowest BCUT2D eigenvalue weighted by atomic mass is 10.2. The van der Waals surface area contributed by atoms with Crippen LogP contribution in [0.5, 0.6) is 0 Å². The van der Waals surface area contributed by atoms with Crippen molar-refractivity contribution in [2.24, 2.45) is 0 Å². The Morgan fingerprint density at radius 1 is 1.58 bits per heavy atom. The predicted molar refractivity (Wildman–Crippen MR) is 51.7 cm³/mol. The highest BCUT2D eigenvalue weighted by Crippen LogP contribution is 2.03. The van der Waals surface area contributed by atoms with Crippen molar-refractivity contribution in [1.82, 2.24) is 4.90 Å². The van der Waals surface area contributed by atoms with Crippen LogP contribution in [0, 0.1) is 5.41 Å². The monoisotopic (exact) mass is 172 g/mol. The van der Waals surface area contributed by atoms with Crippen molar-refractivity contribution in [3.05, 3.63) is 0 Å². The Hall–Kier alpha value is -0.570. The van der Waals surface area contributed by atoms with Gasteiger partial charge in [0.05, 0.1) is 12.4 Å². The first kappa shape index (κ1) is 11.4. The van der Waals surface area contributed by atoms with Crippen LogP contribution in [0.4, 0.5) is 0 Å². The number of nitrogens with zero attached hydrogens (tertiary/aromatic N) is 1. The minimum absolute atomic E-state index is 0.442. The molecule has 0 aliphatic carbocycles. The van der Waals surface area contributed by atoms with Crippen molar-refractivity contribution in [1.29, 1.82) is 5.41 Å². The first-order valence-electron chi connectivity index (χ1n) is 4.44. The summed E-state index contributed by atoms with van der Waals surface area (Å²) in [6.07, 6.45) is 1.07. The first-order chi connectivity index (χ1) is 5.63. The molecule has 72 valence electrons. The second-order valence-electron chi connectivity index (χ2n) is 3.03. The zero-order valence-corrected chi connectivity index (χ0v) is 8.55. The molecule has 0 radical (unpaired) electrons. The van der Waals surface area contributed by atoms with Gasteiger partial charge in [0.2, 0.25) is 0 Å². The van der Waals surface area contributed by atoms with Crippen molar-refractivity contribution in [3.8, 4) is 0 Å². The Balaban J connectivity index is 3.94. The zero-order valence-electron chi connectivity index (χ0n) is 8.55. The first-order valence-corrected chi connectivity index (χ1v) is 4.44. The highest BCUT2D eigenvalue weighted by Gasteiger charge is 2.11. The topological polar surface area (TPSA) is 36.3 Å². The fraction of sp³-hybridized carbons (Fsp3) is 0.889. The third-order valence-corrected chi connectivity index (χ3v) is 2.09. The normalized spacial score (nSPS) is 12.7. The van der Waals surface area contributed by atoms with Gasteiger partial charge in [-0.15, -0.1) is 0 Å². The largest absolute Gasteiger partial charge is 0.383 e. The molecule has 1 N–H and O–H groups in total. The van der Waals surface area contributed by atoms with E-state index in [1.165, 1.54) is 0 Å². The summed E-state index contributed by atoms with van der Waals surface area (Å²) in [4.78, 5) is 2.06. The molecule has 1 atom stereocenters. The summed E-state index contributed by atoms with van der Waals surface area (Å²) in [5, 5.41) is 7.53. The lowest BCUT2D eigenvalue weighted by molar-refractivity contribution is 0.162. The predicted octanol–water partition coefficient (Wildman–Crippen LogP) is 1.73. The lowest BCUT2D eigenvalue weighted by Crippen LogP contribution is -2.38. The lowest BCUT2D eigenvalue weighted by Gasteiger charge is -2.29. The van der Waals surface area contributed by atoms with Gasteiger partial charge in [-0.25, -0.2) is 0 Å². The summed E-state index contributed by atoms with van der Waals surface area (Å²) < 4.78 is 4.98. The van der Waals surface area contributed by atoms with Crippen LogP contribution >= 0.6 is 0 Å². The summed E-state index contributed by atoms with van der Waals surface area (Å²) in [5.41, 5.74) is 0. The Kier molecular flexibility index (Phi) is 5.72. The molecule has 1 unspecified atom stereocenters. The maximum Gasteiger partial charge on any atom is 0.0929 e. The third-order valence-electron chi connectivity index (χ3n) is 2.09. The molecule has 3 nitrogen and oxygen atoms in total. The summed E-state index contributed by atoms with van der Waals surface area (Å²) >= 11 is 0. The highest BCUT2D eigenvalue weighted by molar-refractivity contribution is 5.76. The second kappa shape index (κ2) is 6.00. The molecule has 0 aromatic rings. The van der Waals surface area contributed by atoms with Gasteiger partial charge in [0, 0.05) is 19.7 Å². The molecule has 0 saturated carbocycles. The Morgan fingerprint density at radius 3 is 2.50 bits per heavy atom. The molecule has 0 aliphatic rings. The van der Waals surface area contributed by atoms with Crippen molar-refractivity contribution < 1.29 is 4.74 Å². The van der Waals surface area contributed by atoms with Crippen LogP contribution in [0.3, 0.4) is 0 Å². The fourth-order valence-electron chi connectivity index (χ4n) is 1.13. The van der Waals surface area contributed by atoms with E-state index in [9.17, 15) is 0 Å². The van der Waals surface area contributed by atoms with E-state index in [2.05, 4.69) is 18.7 Å². The van der Waals surface area contributed by atoms with Crippen LogP contribution in [-0.2, 0) is 4.74 Å². The van der Waals surface area contributed by atoms with Crippen LogP contribution < -0.4 is 0 Å². The van der Waals surface area contributed by atoms with E-state index in [0.717, 1.165) is 13.0 Å². The van der Waals surface area contributed by atoms with Crippen molar-refractivity contribution in [2.45, 2.75) is 33.2 Å². The van der Waals surface area contributed by atoms with Crippen LogP contribution in [0.25, 0.3) is 0 Å². The Labute approximate surface area is 75.2 Å². The number of amidine groups is 1. The van der Waals surface area contributed by atoms with Gasteiger partial charge in [-0.2, -0.15) is 0 Å². The Bertz CT molecular complexity index is 136. The van der Waals surface area contributed by atoms with E-state index in [1.54, 1.807) is 7.11 Å². The molecule has 0 rings (SSSR count). The standard InChI is InChI=1S/C9H20N2O/c1-5-8(2)11(9(3)10)6-7-12-4/h8,10H,5-7H2,1-4H3. The van der Waals surface area contributed by atoms with Crippen molar-refractivity contribution in [3.63, 3.8) is 0 Å². The molecule has 0 saturated heterocycles. The second-order valence-corrected chi connectivity index (χ2v) is 3.03. The van der Waals surface area contributed by atoms with E-state index in [4.69, 9.17) is 10.1 Å². The molecule has 0 bridgehead atoms. The van der Waals surface area contributed by atoms with E-state index in [0.29, 0.717) is 18.5 Å². The summed E-state index contributed by atoms with van der Waals surface area (Å²) in [6, 6.07) is 0.442. The number of methoxy groups -OCH3 is 1. The smallest absolute Gasteiger partial charge is 0.0929 e.